The van der Waals surface area contributed by atoms with E-state index in [0.29, 0.717) is 0 Å². The van der Waals surface area contributed by atoms with Gasteiger partial charge in [-0.05, 0) is 49.0 Å². The van der Waals surface area contributed by atoms with Crippen LogP contribution in [0.2, 0.25) is 19.6 Å². The van der Waals surface area contributed by atoms with Crippen LogP contribution in [0.25, 0.3) is 0 Å². The van der Waals surface area contributed by atoms with Crippen molar-refractivity contribution in [1.82, 2.24) is 0 Å². The van der Waals surface area contributed by atoms with Crippen molar-refractivity contribution >= 4 is 8.07 Å². The molecule has 0 N–H and O–H groups in total. The monoisotopic (exact) mass is 256 g/mol. The summed E-state index contributed by atoms with van der Waals surface area (Å²) < 4.78 is 0. The summed E-state index contributed by atoms with van der Waals surface area (Å²) >= 11 is 0. The quantitative estimate of drug-likeness (QED) is 0.669. The Kier molecular flexibility index (Phi) is 3.63. The Balaban J connectivity index is 2.20. The van der Waals surface area contributed by atoms with Crippen molar-refractivity contribution in [3.05, 3.63) is 57.8 Å². The Morgan fingerprint density at radius 3 is 2.33 bits per heavy atom. The Hall–Kier alpha value is -1.08. The molecule has 0 heterocycles. The number of benzene rings is 1. The highest BCUT2D eigenvalue weighted by molar-refractivity contribution is 6.84. The smallest absolute Gasteiger partial charge is 0.0775 e. The molecule has 0 spiro atoms. The average molecular weight is 256 g/mol. The van der Waals surface area contributed by atoms with Crippen molar-refractivity contribution in [2.75, 3.05) is 0 Å². The van der Waals surface area contributed by atoms with E-state index < -0.39 is 8.07 Å². The second-order valence-electron chi connectivity index (χ2n) is 6.43. The minimum atomic E-state index is -1.17. The van der Waals surface area contributed by atoms with Crippen molar-refractivity contribution in [3.63, 3.8) is 0 Å². The van der Waals surface area contributed by atoms with Crippen LogP contribution in [0.3, 0.4) is 0 Å². The molecule has 0 saturated carbocycles. The fourth-order valence-corrected chi connectivity index (χ4v) is 4.53. The molecule has 18 heavy (non-hydrogen) atoms. The highest BCUT2D eigenvalue weighted by Crippen LogP contribution is 2.30. The van der Waals surface area contributed by atoms with E-state index in [9.17, 15) is 0 Å². The minimum Gasteiger partial charge on any atom is -0.0812 e. The number of allylic oxidation sites excluding steroid dienone is 4. The Morgan fingerprint density at radius 1 is 1.00 bits per heavy atom. The molecular weight excluding hydrogens is 232 g/mol. The predicted octanol–water partition coefficient (Wildman–Crippen LogP) is 4.98. The third-order valence-electron chi connectivity index (χ3n) is 3.81. The third-order valence-corrected chi connectivity index (χ3v) is 5.95. The molecule has 0 amide bonds. The van der Waals surface area contributed by atoms with Crippen LogP contribution in [-0.4, -0.2) is 8.07 Å². The molecule has 1 aromatic rings. The Morgan fingerprint density at radius 2 is 1.72 bits per heavy atom. The molecule has 0 radical (unpaired) electrons. The lowest BCUT2D eigenvalue weighted by atomic mass is 10.0. The van der Waals surface area contributed by atoms with E-state index in [2.05, 4.69) is 63.8 Å². The van der Waals surface area contributed by atoms with Gasteiger partial charge in [0.05, 0.1) is 8.07 Å². The van der Waals surface area contributed by atoms with Crippen molar-refractivity contribution in [3.8, 4) is 0 Å². The summed E-state index contributed by atoms with van der Waals surface area (Å²) in [5.41, 5.74) is 5.83. The van der Waals surface area contributed by atoms with Crippen LogP contribution in [0.1, 0.15) is 23.1 Å². The molecule has 1 heteroatoms. The Bertz CT molecular complexity index is 513. The van der Waals surface area contributed by atoms with Crippen LogP contribution >= 0.6 is 0 Å². The molecule has 0 saturated heterocycles. The summed E-state index contributed by atoms with van der Waals surface area (Å²) in [7, 11) is -1.17. The van der Waals surface area contributed by atoms with Gasteiger partial charge in [0.25, 0.3) is 0 Å². The van der Waals surface area contributed by atoms with Gasteiger partial charge < -0.3 is 0 Å². The van der Waals surface area contributed by atoms with Crippen LogP contribution in [0.4, 0.5) is 0 Å². The van der Waals surface area contributed by atoms with Gasteiger partial charge in [-0.3, -0.25) is 0 Å². The van der Waals surface area contributed by atoms with Gasteiger partial charge in [0.15, 0.2) is 0 Å². The van der Waals surface area contributed by atoms with Gasteiger partial charge in [0.2, 0.25) is 0 Å². The Labute approximate surface area is 112 Å². The van der Waals surface area contributed by atoms with Crippen LogP contribution < -0.4 is 0 Å². The molecule has 0 bridgehead atoms. The molecule has 0 unspecified atom stereocenters. The second-order valence-corrected chi connectivity index (χ2v) is 11.5. The standard InChI is InChI=1S/C17H24Si/c1-13-9-10-15(11-14(13)2)12-16-7-6-8-17(16)18(3,4)5/h7-11H,6,12H2,1-5H3. The van der Waals surface area contributed by atoms with E-state index in [0.717, 1.165) is 12.8 Å². The topological polar surface area (TPSA) is 0 Å². The van der Waals surface area contributed by atoms with E-state index in [4.69, 9.17) is 0 Å². The second kappa shape index (κ2) is 4.89. The number of hydrogen-bond acceptors (Lipinski definition) is 0. The summed E-state index contributed by atoms with van der Waals surface area (Å²) in [5.74, 6) is 0. The van der Waals surface area contributed by atoms with Gasteiger partial charge in [0.1, 0.15) is 0 Å². The highest BCUT2D eigenvalue weighted by Gasteiger charge is 2.24. The van der Waals surface area contributed by atoms with E-state index >= 15 is 0 Å². The first-order valence-corrected chi connectivity index (χ1v) is 10.3. The van der Waals surface area contributed by atoms with E-state index in [1.54, 1.807) is 10.8 Å². The highest BCUT2D eigenvalue weighted by atomic mass is 28.3. The van der Waals surface area contributed by atoms with Gasteiger partial charge in [-0.15, -0.1) is 0 Å². The van der Waals surface area contributed by atoms with Crippen LogP contribution in [0, 0.1) is 13.8 Å². The number of hydrogen-bond donors (Lipinski definition) is 0. The van der Waals surface area contributed by atoms with Crippen LogP contribution in [-0.2, 0) is 6.42 Å². The molecule has 96 valence electrons. The molecular formula is C17H24Si. The summed E-state index contributed by atoms with van der Waals surface area (Å²) in [4.78, 5) is 0. The van der Waals surface area contributed by atoms with Gasteiger partial charge >= 0.3 is 0 Å². The molecule has 1 aliphatic carbocycles. The maximum atomic E-state index is 2.45. The lowest BCUT2D eigenvalue weighted by molar-refractivity contribution is 1.16. The molecule has 0 aromatic heterocycles. The maximum Gasteiger partial charge on any atom is 0.0775 e. The summed E-state index contributed by atoms with van der Waals surface area (Å²) in [5, 5.41) is 1.67. The van der Waals surface area contributed by atoms with Crippen molar-refractivity contribution in [2.45, 2.75) is 46.3 Å². The number of aryl methyl sites for hydroxylation is 2. The maximum absolute atomic E-state index is 2.45. The SMILES string of the molecule is Cc1ccc(CC2=CCC=C2[Si](C)(C)C)cc1C. The van der Waals surface area contributed by atoms with Crippen molar-refractivity contribution in [2.24, 2.45) is 0 Å². The lowest BCUT2D eigenvalue weighted by Crippen LogP contribution is -2.24. The predicted molar refractivity (Wildman–Crippen MR) is 83.7 cm³/mol. The first kappa shape index (κ1) is 13.4. The fourth-order valence-electron chi connectivity index (χ4n) is 2.65. The average Bonchev–Trinajstić information content (AvgIpc) is 2.71. The zero-order valence-corrected chi connectivity index (χ0v) is 13.3. The summed E-state index contributed by atoms with van der Waals surface area (Å²) in [6.45, 7) is 11.7. The van der Waals surface area contributed by atoms with Gasteiger partial charge in [-0.25, -0.2) is 0 Å². The summed E-state index contributed by atoms with van der Waals surface area (Å²) in [6.07, 6.45) is 7.11. The van der Waals surface area contributed by atoms with Crippen LogP contribution in [0.15, 0.2) is 41.1 Å². The molecule has 0 aliphatic heterocycles. The molecule has 2 rings (SSSR count). The van der Waals surface area contributed by atoms with Gasteiger partial charge in [0, 0.05) is 0 Å². The van der Waals surface area contributed by atoms with Crippen molar-refractivity contribution in [1.29, 1.82) is 0 Å². The van der Waals surface area contributed by atoms with E-state index in [-0.39, 0.29) is 0 Å². The minimum absolute atomic E-state index is 1.11. The molecule has 1 aliphatic rings. The molecule has 0 nitrogen and oxygen atoms in total. The lowest BCUT2D eigenvalue weighted by Gasteiger charge is -2.21. The molecule has 0 fully saturated rings. The molecule has 0 atom stereocenters. The van der Waals surface area contributed by atoms with E-state index in [1.165, 1.54) is 16.7 Å². The third kappa shape index (κ3) is 2.84. The summed E-state index contributed by atoms with van der Waals surface area (Å²) in [6, 6.07) is 6.87. The normalized spacial score (nSPS) is 15.6. The fraction of sp³-hybridized carbons (Fsp3) is 0.412. The zero-order chi connectivity index (χ0) is 13.3. The van der Waals surface area contributed by atoms with Crippen LogP contribution in [0.5, 0.6) is 0 Å². The first-order chi connectivity index (χ1) is 8.38. The zero-order valence-electron chi connectivity index (χ0n) is 12.3. The largest absolute Gasteiger partial charge is 0.0812 e. The van der Waals surface area contributed by atoms with Gasteiger partial charge in [-0.1, -0.05) is 55.2 Å². The first-order valence-electron chi connectivity index (χ1n) is 6.84. The molecule has 1 aromatic carbocycles. The van der Waals surface area contributed by atoms with E-state index in [1.807, 2.05) is 0 Å². The number of rotatable bonds is 3. The van der Waals surface area contributed by atoms with Gasteiger partial charge in [-0.2, -0.15) is 0 Å². The van der Waals surface area contributed by atoms with Crippen molar-refractivity contribution < 1.29 is 0 Å².